The fourth-order valence-corrected chi connectivity index (χ4v) is 4.08. The Morgan fingerprint density at radius 2 is 1.72 bits per heavy atom. The number of nitrogens with one attached hydrogen (secondary N) is 1. The van der Waals surface area contributed by atoms with E-state index < -0.39 is 10.0 Å². The standard InChI is InChI=1S/C18H21N3O3S/c1-3-21(4-2)25(22,23)15-11-9-14(10-12-15)13-19-18-20-16-7-5-6-8-17(16)24-18/h5-12H,3-4,13H2,1-2H3,(H,19,20). The summed E-state index contributed by atoms with van der Waals surface area (Å²) in [6.07, 6.45) is 0. The van der Waals surface area contributed by atoms with Crippen LogP contribution in [0.3, 0.4) is 0 Å². The fraction of sp³-hybridized carbons (Fsp3) is 0.278. The van der Waals surface area contributed by atoms with Crippen LogP contribution in [0.25, 0.3) is 11.1 Å². The van der Waals surface area contributed by atoms with Gasteiger partial charge in [0.25, 0.3) is 6.01 Å². The summed E-state index contributed by atoms with van der Waals surface area (Å²) in [7, 11) is -3.42. The summed E-state index contributed by atoms with van der Waals surface area (Å²) in [5, 5.41) is 3.12. The zero-order valence-electron chi connectivity index (χ0n) is 14.3. The Morgan fingerprint density at radius 3 is 2.36 bits per heavy atom. The molecule has 0 bridgehead atoms. The van der Waals surface area contributed by atoms with Crippen molar-refractivity contribution >= 4 is 27.1 Å². The summed E-state index contributed by atoms with van der Waals surface area (Å²) in [6, 6.07) is 14.9. The number of benzene rings is 2. The van der Waals surface area contributed by atoms with E-state index in [1.54, 1.807) is 24.3 Å². The van der Waals surface area contributed by atoms with Crippen LogP contribution in [-0.4, -0.2) is 30.8 Å². The number of para-hydroxylation sites is 2. The van der Waals surface area contributed by atoms with E-state index in [-0.39, 0.29) is 0 Å². The van der Waals surface area contributed by atoms with Crippen LogP contribution in [0.5, 0.6) is 0 Å². The summed E-state index contributed by atoms with van der Waals surface area (Å²) in [6.45, 7) is 5.08. The molecule has 0 spiro atoms. The van der Waals surface area contributed by atoms with Crippen molar-refractivity contribution in [3.8, 4) is 0 Å². The van der Waals surface area contributed by atoms with Gasteiger partial charge in [0, 0.05) is 19.6 Å². The Hall–Kier alpha value is -2.38. The number of hydrogen-bond acceptors (Lipinski definition) is 5. The highest BCUT2D eigenvalue weighted by molar-refractivity contribution is 7.89. The van der Waals surface area contributed by atoms with Gasteiger partial charge in [-0.05, 0) is 29.8 Å². The Bertz CT molecular complexity index is 912. The van der Waals surface area contributed by atoms with E-state index in [2.05, 4.69) is 10.3 Å². The van der Waals surface area contributed by atoms with Crippen molar-refractivity contribution in [2.45, 2.75) is 25.3 Å². The number of fused-ring (bicyclic) bond motifs is 1. The monoisotopic (exact) mass is 359 g/mol. The van der Waals surface area contributed by atoms with Crippen molar-refractivity contribution in [1.29, 1.82) is 0 Å². The first-order valence-corrected chi connectivity index (χ1v) is 9.67. The maximum Gasteiger partial charge on any atom is 0.295 e. The molecule has 0 amide bonds. The molecule has 0 saturated carbocycles. The normalized spacial score (nSPS) is 12.0. The number of aromatic nitrogens is 1. The first-order valence-electron chi connectivity index (χ1n) is 8.23. The molecule has 0 unspecified atom stereocenters. The van der Waals surface area contributed by atoms with Crippen LogP contribution in [0, 0.1) is 0 Å². The lowest BCUT2D eigenvalue weighted by Crippen LogP contribution is -2.30. The lowest BCUT2D eigenvalue weighted by Gasteiger charge is -2.18. The maximum atomic E-state index is 12.5. The number of anilines is 1. The SMILES string of the molecule is CCN(CC)S(=O)(=O)c1ccc(CNc2nc3ccccc3o2)cc1. The zero-order chi connectivity index (χ0) is 17.9. The molecule has 3 aromatic rings. The predicted molar refractivity (Wildman–Crippen MR) is 97.9 cm³/mol. The molecule has 1 N–H and O–H groups in total. The molecule has 7 heteroatoms. The van der Waals surface area contributed by atoms with Gasteiger partial charge in [0.05, 0.1) is 4.90 Å². The topological polar surface area (TPSA) is 75.4 Å². The second-order valence-electron chi connectivity index (χ2n) is 5.57. The number of sulfonamides is 1. The lowest BCUT2D eigenvalue weighted by molar-refractivity contribution is 0.445. The van der Waals surface area contributed by atoms with E-state index in [0.717, 1.165) is 16.7 Å². The van der Waals surface area contributed by atoms with Gasteiger partial charge in [0.2, 0.25) is 10.0 Å². The molecule has 1 aromatic heterocycles. The van der Waals surface area contributed by atoms with Gasteiger partial charge in [-0.2, -0.15) is 9.29 Å². The van der Waals surface area contributed by atoms with Gasteiger partial charge in [-0.15, -0.1) is 0 Å². The summed E-state index contributed by atoms with van der Waals surface area (Å²) < 4.78 is 32.0. The van der Waals surface area contributed by atoms with E-state index in [1.807, 2.05) is 38.1 Å². The molecule has 132 valence electrons. The quantitative estimate of drug-likeness (QED) is 0.699. The molecule has 0 radical (unpaired) electrons. The predicted octanol–water partition coefficient (Wildman–Crippen LogP) is 3.47. The van der Waals surface area contributed by atoms with Crippen molar-refractivity contribution < 1.29 is 12.8 Å². The summed E-state index contributed by atoms with van der Waals surface area (Å²) >= 11 is 0. The molecule has 6 nitrogen and oxygen atoms in total. The lowest BCUT2D eigenvalue weighted by atomic mass is 10.2. The first kappa shape index (κ1) is 17.4. The van der Waals surface area contributed by atoms with Gasteiger partial charge in [0.1, 0.15) is 5.52 Å². The van der Waals surface area contributed by atoms with Crippen molar-refractivity contribution in [3.63, 3.8) is 0 Å². The Kier molecular flexibility index (Phi) is 5.06. The second kappa shape index (κ2) is 7.25. The minimum Gasteiger partial charge on any atom is -0.424 e. The van der Waals surface area contributed by atoms with Gasteiger partial charge in [-0.3, -0.25) is 0 Å². The molecule has 0 aliphatic carbocycles. The van der Waals surface area contributed by atoms with Crippen LogP contribution >= 0.6 is 0 Å². The summed E-state index contributed by atoms with van der Waals surface area (Å²) in [5.74, 6) is 0. The molecular formula is C18H21N3O3S. The number of hydrogen-bond donors (Lipinski definition) is 1. The minimum absolute atomic E-state index is 0.307. The van der Waals surface area contributed by atoms with E-state index in [9.17, 15) is 8.42 Å². The van der Waals surface area contributed by atoms with E-state index >= 15 is 0 Å². The molecule has 1 heterocycles. The average molecular weight is 359 g/mol. The van der Waals surface area contributed by atoms with Gasteiger partial charge in [-0.1, -0.05) is 38.1 Å². The largest absolute Gasteiger partial charge is 0.424 e. The smallest absolute Gasteiger partial charge is 0.295 e. The Morgan fingerprint density at radius 1 is 1.04 bits per heavy atom. The highest BCUT2D eigenvalue weighted by atomic mass is 32.2. The van der Waals surface area contributed by atoms with Crippen LogP contribution < -0.4 is 5.32 Å². The van der Waals surface area contributed by atoms with E-state index in [1.165, 1.54) is 4.31 Å². The van der Waals surface area contributed by atoms with Crippen molar-refractivity contribution in [1.82, 2.24) is 9.29 Å². The molecule has 0 aliphatic heterocycles. The summed E-state index contributed by atoms with van der Waals surface area (Å²) in [5.41, 5.74) is 2.47. The average Bonchev–Trinajstić information content (AvgIpc) is 3.04. The second-order valence-corrected chi connectivity index (χ2v) is 7.51. The van der Waals surface area contributed by atoms with Crippen LogP contribution in [0.4, 0.5) is 6.01 Å². The van der Waals surface area contributed by atoms with E-state index in [4.69, 9.17) is 4.42 Å². The molecule has 2 aromatic carbocycles. The molecule has 0 fully saturated rings. The third-order valence-corrected chi connectivity index (χ3v) is 6.07. The van der Waals surface area contributed by atoms with Crippen LogP contribution in [0.2, 0.25) is 0 Å². The van der Waals surface area contributed by atoms with Crippen molar-refractivity contribution in [2.24, 2.45) is 0 Å². The van der Waals surface area contributed by atoms with Crippen LogP contribution in [-0.2, 0) is 16.6 Å². The van der Waals surface area contributed by atoms with Gasteiger partial charge in [0.15, 0.2) is 5.58 Å². The maximum absolute atomic E-state index is 12.5. The first-order chi connectivity index (χ1) is 12.0. The highest BCUT2D eigenvalue weighted by Crippen LogP contribution is 2.20. The van der Waals surface area contributed by atoms with Crippen molar-refractivity contribution in [2.75, 3.05) is 18.4 Å². The molecular weight excluding hydrogens is 338 g/mol. The molecule has 0 atom stereocenters. The Balaban J connectivity index is 1.70. The van der Waals surface area contributed by atoms with Crippen LogP contribution in [0.1, 0.15) is 19.4 Å². The molecule has 3 rings (SSSR count). The summed E-state index contributed by atoms with van der Waals surface area (Å²) in [4.78, 5) is 4.66. The van der Waals surface area contributed by atoms with Gasteiger partial charge >= 0.3 is 0 Å². The number of rotatable bonds is 7. The third-order valence-electron chi connectivity index (χ3n) is 4.00. The highest BCUT2D eigenvalue weighted by Gasteiger charge is 2.21. The van der Waals surface area contributed by atoms with Gasteiger partial charge < -0.3 is 9.73 Å². The van der Waals surface area contributed by atoms with Gasteiger partial charge in [-0.25, -0.2) is 8.42 Å². The minimum atomic E-state index is -3.42. The molecule has 25 heavy (non-hydrogen) atoms. The Labute approximate surface area is 147 Å². The fourth-order valence-electron chi connectivity index (χ4n) is 2.62. The van der Waals surface area contributed by atoms with E-state index in [0.29, 0.717) is 30.5 Å². The third kappa shape index (κ3) is 3.67. The number of nitrogens with zero attached hydrogens (tertiary/aromatic N) is 2. The van der Waals surface area contributed by atoms with Crippen LogP contribution in [0.15, 0.2) is 57.8 Å². The molecule has 0 saturated heterocycles. The number of oxazole rings is 1. The molecule has 0 aliphatic rings. The van der Waals surface area contributed by atoms with Crippen molar-refractivity contribution in [3.05, 3.63) is 54.1 Å². The zero-order valence-corrected chi connectivity index (χ0v) is 15.1.